The van der Waals surface area contributed by atoms with E-state index in [1.54, 1.807) is 12.1 Å². The first-order chi connectivity index (χ1) is 7.88. The van der Waals surface area contributed by atoms with Gasteiger partial charge in [-0.05, 0) is 29.2 Å². The second kappa shape index (κ2) is 4.02. The number of alkyl halides is 2. The molecule has 2 nitrogen and oxygen atoms in total. The summed E-state index contributed by atoms with van der Waals surface area (Å²) in [5.41, 5.74) is 1.98. The fourth-order valence-electron chi connectivity index (χ4n) is 1.90. The van der Waals surface area contributed by atoms with E-state index in [1.165, 1.54) is 6.07 Å². The molecule has 1 aromatic carbocycles. The fourth-order valence-corrected chi connectivity index (χ4v) is 1.90. The zero-order valence-corrected chi connectivity index (χ0v) is 10.1. The number of benzene rings is 1. The van der Waals surface area contributed by atoms with Crippen molar-refractivity contribution in [3.63, 3.8) is 0 Å². The monoisotopic (exact) mass is 239 g/mol. The molecule has 0 atom stereocenters. The fraction of sp³-hybridized carbons (Fsp3) is 0.385. The minimum atomic E-state index is -2.79. The molecule has 17 heavy (non-hydrogen) atoms. The number of fused-ring (bicyclic) bond motifs is 1. The van der Waals surface area contributed by atoms with Crippen molar-refractivity contribution in [2.45, 2.75) is 32.8 Å². The van der Waals surface area contributed by atoms with Crippen LogP contribution in [0, 0.1) is 0 Å². The Morgan fingerprint density at radius 3 is 2.53 bits per heavy atom. The van der Waals surface area contributed by atoms with Crippen molar-refractivity contribution in [3.8, 4) is 5.75 Å². The van der Waals surface area contributed by atoms with Gasteiger partial charge in [-0.2, -0.15) is 8.78 Å². The second-order valence-corrected chi connectivity index (χ2v) is 5.04. The molecule has 0 fully saturated rings. The lowest BCUT2D eigenvalue weighted by atomic mass is 9.87. The molecule has 0 radical (unpaired) electrons. The first-order valence-electron chi connectivity index (χ1n) is 5.44. The Labute approximate surface area is 98.6 Å². The molecule has 0 aliphatic carbocycles. The molecule has 0 bridgehead atoms. The predicted octanol–water partition coefficient (Wildman–Crippen LogP) is 4.07. The van der Waals surface area contributed by atoms with Crippen LogP contribution in [0.4, 0.5) is 8.78 Å². The van der Waals surface area contributed by atoms with E-state index in [1.807, 2.05) is 6.20 Å². The van der Waals surface area contributed by atoms with E-state index in [0.29, 0.717) is 0 Å². The van der Waals surface area contributed by atoms with E-state index in [4.69, 9.17) is 0 Å². The van der Waals surface area contributed by atoms with Gasteiger partial charge in [0.15, 0.2) is 0 Å². The van der Waals surface area contributed by atoms with Crippen LogP contribution in [0.1, 0.15) is 26.3 Å². The summed E-state index contributed by atoms with van der Waals surface area (Å²) in [5, 5.41) is 0.927. The van der Waals surface area contributed by atoms with Gasteiger partial charge < -0.3 is 9.72 Å². The van der Waals surface area contributed by atoms with Crippen molar-refractivity contribution in [2.75, 3.05) is 0 Å². The van der Waals surface area contributed by atoms with E-state index in [0.717, 1.165) is 16.5 Å². The van der Waals surface area contributed by atoms with Crippen molar-refractivity contribution in [2.24, 2.45) is 0 Å². The smallest absolute Gasteiger partial charge is 0.387 e. The summed E-state index contributed by atoms with van der Waals surface area (Å²) in [6.07, 6.45) is 1.91. The van der Waals surface area contributed by atoms with Crippen LogP contribution in [0.25, 0.3) is 10.9 Å². The highest BCUT2D eigenvalue weighted by atomic mass is 19.3. The van der Waals surface area contributed by atoms with Gasteiger partial charge in [0.25, 0.3) is 0 Å². The van der Waals surface area contributed by atoms with E-state index < -0.39 is 6.61 Å². The lowest BCUT2D eigenvalue weighted by Crippen LogP contribution is -2.10. The molecule has 1 heterocycles. The van der Waals surface area contributed by atoms with Crippen molar-refractivity contribution < 1.29 is 13.5 Å². The standard InChI is InChI=1S/C13H15F2NO/c1-13(2,3)10-7-16-11-5-4-8(6-9(10)11)17-12(14)15/h4-7,12,16H,1-3H3. The maximum atomic E-state index is 12.2. The van der Waals surface area contributed by atoms with Gasteiger partial charge in [-0.3, -0.25) is 0 Å². The van der Waals surface area contributed by atoms with Crippen LogP contribution < -0.4 is 4.74 Å². The number of hydrogen-bond acceptors (Lipinski definition) is 1. The molecule has 2 rings (SSSR count). The van der Waals surface area contributed by atoms with Gasteiger partial charge in [0.05, 0.1) is 0 Å². The molecule has 2 aromatic rings. The first-order valence-corrected chi connectivity index (χ1v) is 5.44. The van der Waals surface area contributed by atoms with Gasteiger partial charge in [0, 0.05) is 17.1 Å². The van der Waals surface area contributed by atoms with Crippen molar-refractivity contribution in [3.05, 3.63) is 30.0 Å². The van der Waals surface area contributed by atoms with Crippen LogP contribution in [0.2, 0.25) is 0 Å². The average molecular weight is 239 g/mol. The number of aromatic amines is 1. The maximum absolute atomic E-state index is 12.2. The molecule has 0 aliphatic rings. The number of rotatable bonds is 2. The third-order valence-electron chi connectivity index (χ3n) is 2.69. The van der Waals surface area contributed by atoms with E-state index >= 15 is 0 Å². The summed E-state index contributed by atoms with van der Waals surface area (Å²) in [6.45, 7) is 3.45. The van der Waals surface area contributed by atoms with E-state index in [-0.39, 0.29) is 11.2 Å². The minimum Gasteiger partial charge on any atom is -0.435 e. The van der Waals surface area contributed by atoms with Crippen LogP contribution in [0.15, 0.2) is 24.4 Å². The largest absolute Gasteiger partial charge is 0.435 e. The molecule has 0 saturated heterocycles. The van der Waals surface area contributed by atoms with E-state index in [9.17, 15) is 8.78 Å². The Balaban J connectivity index is 2.51. The highest BCUT2D eigenvalue weighted by Crippen LogP contribution is 2.32. The molecule has 0 saturated carbocycles. The zero-order chi connectivity index (χ0) is 12.6. The van der Waals surface area contributed by atoms with Crippen molar-refractivity contribution in [1.29, 1.82) is 0 Å². The molecule has 92 valence electrons. The van der Waals surface area contributed by atoms with Gasteiger partial charge in [-0.1, -0.05) is 20.8 Å². The van der Waals surface area contributed by atoms with Crippen LogP contribution in [-0.2, 0) is 5.41 Å². The number of hydrogen-bond donors (Lipinski definition) is 1. The third-order valence-corrected chi connectivity index (χ3v) is 2.69. The maximum Gasteiger partial charge on any atom is 0.387 e. The van der Waals surface area contributed by atoms with Crippen molar-refractivity contribution >= 4 is 10.9 Å². The van der Waals surface area contributed by atoms with Crippen LogP contribution in [-0.4, -0.2) is 11.6 Å². The molecule has 4 heteroatoms. The summed E-state index contributed by atoms with van der Waals surface area (Å²) in [5.74, 6) is 0.192. The quantitative estimate of drug-likeness (QED) is 0.839. The first kappa shape index (κ1) is 11.9. The molecule has 1 N–H and O–H groups in total. The molecular formula is C13H15F2NO. The van der Waals surface area contributed by atoms with Gasteiger partial charge >= 0.3 is 6.61 Å². The molecule has 0 spiro atoms. The molecule has 1 aromatic heterocycles. The Hall–Kier alpha value is -1.58. The number of halogens is 2. The zero-order valence-electron chi connectivity index (χ0n) is 10.1. The second-order valence-electron chi connectivity index (χ2n) is 5.04. The van der Waals surface area contributed by atoms with Crippen LogP contribution >= 0.6 is 0 Å². The van der Waals surface area contributed by atoms with Crippen LogP contribution in [0.3, 0.4) is 0 Å². The number of nitrogens with one attached hydrogen (secondary N) is 1. The average Bonchev–Trinajstić information content (AvgIpc) is 2.58. The van der Waals surface area contributed by atoms with E-state index in [2.05, 4.69) is 30.5 Å². The normalized spacial score (nSPS) is 12.4. The SMILES string of the molecule is CC(C)(C)c1c[nH]c2ccc(OC(F)F)cc12. The summed E-state index contributed by atoms with van der Waals surface area (Å²) >= 11 is 0. The molecule has 0 amide bonds. The lowest BCUT2D eigenvalue weighted by Gasteiger charge is -2.17. The van der Waals surface area contributed by atoms with Gasteiger partial charge in [-0.25, -0.2) is 0 Å². The van der Waals surface area contributed by atoms with Gasteiger partial charge in [0.2, 0.25) is 0 Å². The summed E-state index contributed by atoms with van der Waals surface area (Å²) in [4.78, 5) is 3.13. The highest BCUT2D eigenvalue weighted by Gasteiger charge is 2.18. The molecule has 0 aliphatic heterocycles. The Bertz CT molecular complexity index is 526. The number of ether oxygens (including phenoxy) is 1. The highest BCUT2D eigenvalue weighted by molar-refractivity contribution is 5.85. The van der Waals surface area contributed by atoms with Gasteiger partial charge in [0.1, 0.15) is 5.75 Å². The summed E-state index contributed by atoms with van der Waals surface area (Å²) < 4.78 is 28.7. The summed E-state index contributed by atoms with van der Waals surface area (Å²) in [7, 11) is 0. The Morgan fingerprint density at radius 1 is 1.24 bits per heavy atom. The molecular weight excluding hydrogens is 224 g/mol. The summed E-state index contributed by atoms with van der Waals surface area (Å²) in [6, 6.07) is 4.94. The Kier molecular flexibility index (Phi) is 2.81. The van der Waals surface area contributed by atoms with Gasteiger partial charge in [-0.15, -0.1) is 0 Å². The Morgan fingerprint density at radius 2 is 1.94 bits per heavy atom. The lowest BCUT2D eigenvalue weighted by molar-refractivity contribution is -0.0497. The topological polar surface area (TPSA) is 25.0 Å². The van der Waals surface area contributed by atoms with Crippen molar-refractivity contribution in [1.82, 2.24) is 4.98 Å². The third kappa shape index (κ3) is 2.40. The number of H-pyrrole nitrogens is 1. The number of aromatic nitrogens is 1. The van der Waals surface area contributed by atoms with Crippen LogP contribution in [0.5, 0.6) is 5.75 Å². The predicted molar refractivity (Wildman–Crippen MR) is 63.6 cm³/mol. The molecule has 0 unspecified atom stereocenters. The minimum absolute atomic E-state index is 0.0400.